The van der Waals surface area contributed by atoms with Crippen molar-refractivity contribution < 1.29 is 9.53 Å². The summed E-state index contributed by atoms with van der Waals surface area (Å²) >= 11 is 27.7. The molecule has 82 valence electrons. The SMILES string of the molecule is O=C(Cl)Oc1ccc(C(Cl)(Cl)Cl)cc1Cl. The smallest absolute Gasteiger partial charge is 0.409 e. The number of rotatable bonds is 1. The Kier molecular flexibility index (Phi) is 4.38. The lowest BCUT2D eigenvalue weighted by Crippen LogP contribution is -2.02. The number of carbonyl (C=O) groups excluding carboxylic acids is 1. The summed E-state index contributed by atoms with van der Waals surface area (Å²) in [6.45, 7) is 0. The van der Waals surface area contributed by atoms with Crippen molar-refractivity contribution >= 4 is 63.4 Å². The molecule has 1 rings (SSSR count). The molecule has 15 heavy (non-hydrogen) atoms. The van der Waals surface area contributed by atoms with Crippen LogP contribution in [0.3, 0.4) is 0 Å². The van der Waals surface area contributed by atoms with Gasteiger partial charge in [0.2, 0.25) is 3.79 Å². The summed E-state index contributed by atoms with van der Waals surface area (Å²) in [5.41, 5.74) is -0.620. The van der Waals surface area contributed by atoms with Gasteiger partial charge in [-0.05, 0) is 12.1 Å². The standard InChI is InChI=1S/C8H3Cl5O2/c9-5-3-4(8(11,12)13)1-2-6(5)15-7(10)14/h1-3H. The molecular formula is C8H3Cl5O2. The fourth-order valence-electron chi connectivity index (χ4n) is 0.846. The third kappa shape index (κ3) is 3.89. The van der Waals surface area contributed by atoms with Gasteiger partial charge in [-0.15, -0.1) is 0 Å². The van der Waals surface area contributed by atoms with Crippen LogP contribution in [0.2, 0.25) is 5.02 Å². The highest BCUT2D eigenvalue weighted by atomic mass is 35.6. The molecule has 1 aromatic rings. The number of hydrogen-bond acceptors (Lipinski definition) is 2. The minimum atomic E-state index is -1.58. The Morgan fingerprint density at radius 2 is 1.87 bits per heavy atom. The summed E-state index contributed by atoms with van der Waals surface area (Å²) in [5, 5.41) is 0.132. The van der Waals surface area contributed by atoms with E-state index in [0.29, 0.717) is 5.56 Å². The highest BCUT2D eigenvalue weighted by Crippen LogP contribution is 2.40. The van der Waals surface area contributed by atoms with E-state index in [2.05, 4.69) is 4.74 Å². The van der Waals surface area contributed by atoms with Gasteiger partial charge in [0.25, 0.3) is 0 Å². The van der Waals surface area contributed by atoms with Crippen LogP contribution in [0.1, 0.15) is 5.56 Å². The van der Waals surface area contributed by atoms with Crippen LogP contribution in [0.5, 0.6) is 5.75 Å². The molecule has 1 aromatic carbocycles. The van der Waals surface area contributed by atoms with Crippen LogP contribution in [0.25, 0.3) is 0 Å². The van der Waals surface area contributed by atoms with Gasteiger partial charge in [0.05, 0.1) is 5.02 Å². The van der Waals surface area contributed by atoms with E-state index in [1.807, 2.05) is 0 Å². The van der Waals surface area contributed by atoms with Crippen LogP contribution >= 0.6 is 58.0 Å². The molecule has 0 spiro atoms. The number of halogens is 5. The summed E-state index contributed by atoms with van der Waals surface area (Å²) < 4.78 is 3.00. The second-order valence-corrected chi connectivity index (χ2v) is 5.48. The van der Waals surface area contributed by atoms with Crippen LogP contribution in [-0.4, -0.2) is 5.43 Å². The van der Waals surface area contributed by atoms with Crippen molar-refractivity contribution in [1.29, 1.82) is 0 Å². The van der Waals surface area contributed by atoms with Crippen LogP contribution < -0.4 is 4.74 Å². The van der Waals surface area contributed by atoms with Crippen LogP contribution in [0, 0.1) is 0 Å². The van der Waals surface area contributed by atoms with E-state index < -0.39 is 9.22 Å². The van der Waals surface area contributed by atoms with Gasteiger partial charge in [-0.2, -0.15) is 0 Å². The van der Waals surface area contributed by atoms with E-state index in [1.54, 1.807) is 0 Å². The van der Waals surface area contributed by atoms with Crippen molar-refractivity contribution in [2.24, 2.45) is 0 Å². The summed E-state index contributed by atoms with van der Waals surface area (Å²) in [4.78, 5) is 10.5. The van der Waals surface area contributed by atoms with E-state index >= 15 is 0 Å². The van der Waals surface area contributed by atoms with Gasteiger partial charge < -0.3 is 4.74 Å². The monoisotopic (exact) mass is 306 g/mol. The van der Waals surface area contributed by atoms with Gasteiger partial charge in [0.1, 0.15) is 0 Å². The van der Waals surface area contributed by atoms with Gasteiger partial charge in [0.15, 0.2) is 5.75 Å². The van der Waals surface area contributed by atoms with Crippen molar-refractivity contribution in [1.82, 2.24) is 0 Å². The molecule has 0 N–H and O–H groups in total. The van der Waals surface area contributed by atoms with E-state index in [1.165, 1.54) is 18.2 Å². The largest absolute Gasteiger partial charge is 0.413 e. The first-order valence-electron chi connectivity index (χ1n) is 3.55. The van der Waals surface area contributed by atoms with Crippen molar-refractivity contribution in [3.8, 4) is 5.75 Å². The minimum absolute atomic E-state index is 0.106. The first kappa shape index (κ1) is 13.2. The normalized spacial score (nSPS) is 11.3. The highest BCUT2D eigenvalue weighted by molar-refractivity contribution is 6.66. The molecule has 0 heterocycles. The Hall–Kier alpha value is 0.140. The first-order chi connectivity index (χ1) is 6.80. The quantitative estimate of drug-likeness (QED) is 0.544. The maximum atomic E-state index is 10.5. The topological polar surface area (TPSA) is 26.3 Å². The molecule has 0 amide bonds. The Morgan fingerprint density at radius 1 is 1.27 bits per heavy atom. The predicted molar refractivity (Wildman–Crippen MR) is 62.6 cm³/mol. The third-order valence-corrected chi connectivity index (χ3v) is 2.48. The summed E-state index contributed by atoms with van der Waals surface area (Å²) in [6.07, 6.45) is 0. The van der Waals surface area contributed by atoms with Gasteiger partial charge in [-0.3, -0.25) is 0 Å². The molecule has 0 unspecified atom stereocenters. The van der Waals surface area contributed by atoms with Crippen LogP contribution in [0.4, 0.5) is 4.79 Å². The second kappa shape index (κ2) is 4.98. The van der Waals surface area contributed by atoms with Gasteiger partial charge in [-0.1, -0.05) is 52.5 Å². The molecule has 0 saturated carbocycles. The Bertz CT molecular complexity index is 385. The molecule has 0 saturated heterocycles. The van der Waals surface area contributed by atoms with Crippen molar-refractivity contribution in [2.45, 2.75) is 3.79 Å². The van der Waals surface area contributed by atoms with E-state index in [0.717, 1.165) is 0 Å². The molecule has 0 aliphatic heterocycles. The van der Waals surface area contributed by atoms with Crippen molar-refractivity contribution in [3.63, 3.8) is 0 Å². The zero-order valence-corrected chi connectivity index (χ0v) is 10.7. The second-order valence-electron chi connectivity index (χ2n) is 2.48. The molecule has 0 fully saturated rings. The maximum Gasteiger partial charge on any atom is 0.409 e. The zero-order chi connectivity index (χ0) is 11.6. The molecule has 0 bridgehead atoms. The van der Waals surface area contributed by atoms with E-state index in [4.69, 9.17) is 58.0 Å². The van der Waals surface area contributed by atoms with E-state index in [9.17, 15) is 4.79 Å². The molecule has 0 aromatic heterocycles. The first-order valence-corrected chi connectivity index (χ1v) is 5.44. The van der Waals surface area contributed by atoms with Gasteiger partial charge in [0, 0.05) is 17.2 Å². The number of alkyl halides is 3. The van der Waals surface area contributed by atoms with Gasteiger partial charge in [-0.25, -0.2) is 4.79 Å². The Morgan fingerprint density at radius 3 is 2.27 bits per heavy atom. The lowest BCUT2D eigenvalue weighted by molar-refractivity contribution is 0.225. The molecule has 0 atom stereocenters. The number of hydrogen-bond donors (Lipinski definition) is 0. The molecule has 0 aliphatic carbocycles. The highest BCUT2D eigenvalue weighted by Gasteiger charge is 2.23. The number of benzene rings is 1. The zero-order valence-electron chi connectivity index (χ0n) is 6.94. The molecule has 0 radical (unpaired) electrons. The third-order valence-electron chi connectivity index (χ3n) is 1.45. The summed E-state index contributed by atoms with van der Waals surface area (Å²) in [7, 11) is 0. The maximum absolute atomic E-state index is 10.5. The Balaban J connectivity index is 3.03. The van der Waals surface area contributed by atoms with Crippen LogP contribution in [0.15, 0.2) is 18.2 Å². The van der Waals surface area contributed by atoms with Crippen LogP contribution in [-0.2, 0) is 3.79 Å². The average molecular weight is 308 g/mol. The number of carbonyl (C=O) groups is 1. The Labute approximate surface area is 111 Å². The molecule has 7 heteroatoms. The fraction of sp³-hybridized carbons (Fsp3) is 0.125. The summed E-state index contributed by atoms with van der Waals surface area (Å²) in [6, 6.07) is 4.23. The fourth-order valence-corrected chi connectivity index (χ4v) is 1.50. The number of ether oxygens (including phenoxy) is 1. The average Bonchev–Trinajstić information content (AvgIpc) is 2.05. The van der Waals surface area contributed by atoms with Gasteiger partial charge >= 0.3 is 5.43 Å². The van der Waals surface area contributed by atoms with Crippen molar-refractivity contribution in [2.75, 3.05) is 0 Å². The van der Waals surface area contributed by atoms with Crippen molar-refractivity contribution in [3.05, 3.63) is 28.8 Å². The molecular weight excluding hydrogens is 305 g/mol. The lowest BCUT2D eigenvalue weighted by atomic mass is 10.2. The summed E-state index contributed by atoms with van der Waals surface area (Å²) in [5.74, 6) is 0.106. The lowest BCUT2D eigenvalue weighted by Gasteiger charge is -2.12. The predicted octanol–water partition coefficient (Wildman–Crippen LogP) is 4.90. The molecule has 2 nitrogen and oxygen atoms in total. The van der Waals surface area contributed by atoms with E-state index in [-0.39, 0.29) is 10.8 Å². The minimum Gasteiger partial charge on any atom is -0.413 e. The molecule has 0 aliphatic rings.